The number of aromatic nitrogens is 2. The summed E-state index contributed by atoms with van der Waals surface area (Å²) in [6.45, 7) is 3.69. The molecule has 6 N–H and O–H groups in total. The predicted octanol–water partition coefficient (Wildman–Crippen LogP) is 7.95. The molecule has 0 unspecified atom stereocenters. The molecule has 420 valence electrons. The van der Waals surface area contributed by atoms with E-state index in [0.717, 1.165) is 36.9 Å². The van der Waals surface area contributed by atoms with Crippen LogP contribution in [0.5, 0.6) is 0 Å². The van der Waals surface area contributed by atoms with E-state index in [1.54, 1.807) is 25.1 Å². The Balaban J connectivity index is 0.000000237. The van der Waals surface area contributed by atoms with Crippen molar-refractivity contribution >= 4 is 73.5 Å². The van der Waals surface area contributed by atoms with Crippen molar-refractivity contribution in [2.45, 2.75) is 25.7 Å². The number of carbonyl (C=O) groups excluding carboxylic acids is 3. The molecular formula is C65H32F4N8O10. The Labute approximate surface area is 493 Å². The molecule has 1 saturated heterocycles. The second kappa shape index (κ2) is 35.0. The van der Waals surface area contributed by atoms with Gasteiger partial charge in [0.05, 0.1) is 37.3 Å². The van der Waals surface area contributed by atoms with Crippen molar-refractivity contribution in [2.75, 3.05) is 29.6 Å². The van der Waals surface area contributed by atoms with Gasteiger partial charge in [-0.25, -0.2) is 8.78 Å². The van der Waals surface area contributed by atoms with Crippen molar-refractivity contribution < 1.29 is 51.5 Å². The number of alkyl halides is 2. The zero-order valence-corrected chi connectivity index (χ0v) is 44.5. The van der Waals surface area contributed by atoms with Gasteiger partial charge >= 0.3 is 5.92 Å². The number of ketones is 1. The number of hydrogen-bond donors (Lipinski definition) is 5. The van der Waals surface area contributed by atoms with Crippen LogP contribution in [0.4, 0.5) is 51.7 Å². The number of anilines is 3. The number of carbonyl (C=O) groups is 3. The highest BCUT2D eigenvalue weighted by atomic mass is 19.3. The maximum Gasteiger partial charge on any atom is 0.352 e. The number of fused-ring (bicyclic) bond motifs is 4. The third-order valence-corrected chi connectivity index (χ3v) is 10.0. The molecule has 4 aromatic carbocycles. The first-order valence-electron chi connectivity index (χ1n) is 23.9. The van der Waals surface area contributed by atoms with Crippen molar-refractivity contribution in [3.05, 3.63) is 138 Å². The SMILES string of the molecule is C#CC#CC#CC#CC#CC#CC#CC#CC#CC#CC#CC#CC#CC#CC.C1CCOC1.Nc1ccc2[nH]cc(F)c2c1.O=C1Nc2ccc([N+](=O)[O-])cc2C1(F)F.O=C1Nc2ccc([N+](=O)[O-])cc2C1=O.O=[N+]([O-])c1ccc2[nH]cc(F)c2c1. The average molecular weight is 1160 g/mol. The van der Waals surface area contributed by atoms with Crippen molar-refractivity contribution in [3.63, 3.8) is 0 Å². The number of rotatable bonds is 3. The number of terminal acetylenes is 1. The summed E-state index contributed by atoms with van der Waals surface area (Å²) in [5.41, 5.74) is 6.26. The van der Waals surface area contributed by atoms with E-state index < -0.39 is 55.4 Å². The molecule has 9 rings (SSSR count). The van der Waals surface area contributed by atoms with Crippen LogP contribution < -0.4 is 16.4 Å². The average Bonchev–Trinajstić information content (AvgIpc) is 3.39. The Morgan fingerprint density at radius 2 is 0.920 bits per heavy atom. The number of ether oxygens (including phenoxy) is 1. The first-order chi connectivity index (χ1) is 41.9. The molecule has 1 fully saturated rings. The number of nitrogen functional groups attached to an aromatic ring is 1. The molecule has 87 heavy (non-hydrogen) atoms. The third kappa shape index (κ3) is 21.9. The van der Waals surface area contributed by atoms with Gasteiger partial charge in [0.15, 0.2) is 0 Å². The van der Waals surface area contributed by atoms with Crippen LogP contribution in [-0.4, -0.2) is 55.5 Å². The maximum absolute atomic E-state index is 13.1. The highest BCUT2D eigenvalue weighted by Gasteiger charge is 2.49. The minimum atomic E-state index is -3.69. The summed E-state index contributed by atoms with van der Waals surface area (Å²) in [6.07, 6.45) is 9.97. The number of nitro benzene ring substituents is 3. The largest absolute Gasteiger partial charge is 0.399 e. The van der Waals surface area contributed by atoms with E-state index in [1.165, 1.54) is 55.6 Å². The number of hydrogen-bond acceptors (Lipinski definition) is 11. The van der Waals surface area contributed by atoms with Crippen molar-refractivity contribution in [3.8, 4) is 166 Å². The van der Waals surface area contributed by atoms with Crippen LogP contribution in [0, 0.1) is 208 Å². The van der Waals surface area contributed by atoms with E-state index in [4.69, 9.17) is 16.9 Å². The van der Waals surface area contributed by atoms with Gasteiger partial charge in [0, 0.05) is 149 Å². The van der Waals surface area contributed by atoms with Crippen LogP contribution in [0.3, 0.4) is 0 Å². The fourth-order valence-electron chi connectivity index (χ4n) is 6.20. The van der Waals surface area contributed by atoms with Crippen molar-refractivity contribution in [1.29, 1.82) is 0 Å². The summed E-state index contributed by atoms with van der Waals surface area (Å²) >= 11 is 0. The monoisotopic (exact) mass is 1160 g/mol. The Kier molecular flexibility index (Phi) is 26.4. The number of nitro groups is 3. The molecule has 22 heteroatoms. The van der Waals surface area contributed by atoms with E-state index in [-0.39, 0.29) is 33.8 Å². The van der Waals surface area contributed by atoms with E-state index in [9.17, 15) is 62.3 Å². The van der Waals surface area contributed by atoms with Gasteiger partial charge in [-0.05, 0) is 151 Å². The third-order valence-electron chi connectivity index (χ3n) is 10.0. The number of non-ortho nitro benzene ring substituents is 3. The molecule has 3 aliphatic heterocycles. The number of aromatic amines is 2. The van der Waals surface area contributed by atoms with Gasteiger partial charge in [0.25, 0.3) is 34.7 Å². The second-order valence-electron chi connectivity index (χ2n) is 15.7. The number of H-pyrrole nitrogens is 2. The Morgan fingerprint density at radius 3 is 1.34 bits per heavy atom. The van der Waals surface area contributed by atoms with E-state index >= 15 is 0 Å². The van der Waals surface area contributed by atoms with E-state index in [2.05, 4.69) is 175 Å². The van der Waals surface area contributed by atoms with Crippen LogP contribution in [-0.2, 0) is 20.2 Å². The minimum absolute atomic E-state index is 0.0594. The number of amides is 2. The Morgan fingerprint density at radius 1 is 0.529 bits per heavy atom. The normalized spacial score (nSPS) is 10.7. The van der Waals surface area contributed by atoms with Gasteiger partial charge in [-0.3, -0.25) is 44.7 Å². The lowest BCUT2D eigenvalue weighted by molar-refractivity contribution is -0.385. The molecule has 3 aliphatic rings. The molecule has 0 aliphatic carbocycles. The number of nitrogens with zero attached hydrogens (tertiary/aromatic N) is 3. The summed E-state index contributed by atoms with van der Waals surface area (Å²) in [4.78, 5) is 67.4. The molecule has 6 aromatic rings. The van der Waals surface area contributed by atoms with Crippen LogP contribution in [0.2, 0.25) is 0 Å². The van der Waals surface area contributed by atoms with Crippen LogP contribution in [0.15, 0.2) is 85.2 Å². The van der Waals surface area contributed by atoms with Crippen molar-refractivity contribution in [2.24, 2.45) is 0 Å². The quantitative estimate of drug-likeness (QED) is 0.0283. The van der Waals surface area contributed by atoms with E-state index in [0.29, 0.717) is 28.3 Å². The molecular weight excluding hydrogens is 1130 g/mol. The molecule has 18 nitrogen and oxygen atoms in total. The van der Waals surface area contributed by atoms with Crippen LogP contribution >= 0.6 is 0 Å². The number of Topliss-reactive ketones (excluding diaryl/α,β-unsaturated/α-hetero) is 1. The van der Waals surface area contributed by atoms with Crippen molar-refractivity contribution in [1.82, 2.24) is 9.97 Å². The first kappa shape index (κ1) is 65.6. The first-order valence-corrected chi connectivity index (χ1v) is 23.9. The summed E-state index contributed by atoms with van der Waals surface area (Å²) < 4.78 is 57.0. The summed E-state index contributed by atoms with van der Waals surface area (Å²) in [7, 11) is 0. The molecule has 0 radical (unpaired) electrons. The topological polar surface area (TPSA) is 272 Å². The molecule has 0 spiro atoms. The van der Waals surface area contributed by atoms with Gasteiger partial charge in [0.1, 0.15) is 11.6 Å². The Bertz CT molecular complexity index is 4700. The summed E-state index contributed by atoms with van der Waals surface area (Å²) in [6, 6.07) is 15.6. The van der Waals surface area contributed by atoms with Crippen LogP contribution in [0.1, 0.15) is 35.7 Å². The molecule has 2 aromatic heterocycles. The number of nitrogens with one attached hydrogen (secondary N) is 4. The zero-order valence-electron chi connectivity index (χ0n) is 44.5. The van der Waals surface area contributed by atoms with Gasteiger partial charge in [-0.2, -0.15) is 8.78 Å². The van der Waals surface area contributed by atoms with Gasteiger partial charge in [-0.1, -0.05) is 5.92 Å². The minimum Gasteiger partial charge on any atom is -0.399 e. The number of halogens is 4. The van der Waals surface area contributed by atoms with Gasteiger partial charge < -0.3 is 31.1 Å². The number of nitrogens with two attached hydrogens (primary N) is 1. The van der Waals surface area contributed by atoms with E-state index in [1.807, 2.05) is 5.32 Å². The Hall–Kier alpha value is -13.9. The second-order valence-corrected chi connectivity index (χ2v) is 15.7. The lowest BCUT2D eigenvalue weighted by atomic mass is 10.1. The van der Waals surface area contributed by atoms with Gasteiger partial charge in [-0.15, -0.1) is 6.42 Å². The van der Waals surface area contributed by atoms with Gasteiger partial charge in [0.2, 0.25) is 0 Å². The zero-order chi connectivity index (χ0) is 63.4. The highest BCUT2D eigenvalue weighted by Crippen LogP contribution is 2.41. The van der Waals surface area contributed by atoms with Crippen LogP contribution in [0.25, 0.3) is 21.8 Å². The molecule has 0 saturated carbocycles. The summed E-state index contributed by atoms with van der Waals surface area (Å²) in [5, 5.41) is 36.1. The lowest BCUT2D eigenvalue weighted by Crippen LogP contribution is -2.23. The predicted molar refractivity (Wildman–Crippen MR) is 315 cm³/mol. The standard InChI is InChI=1S/C29H4.C8H4F2N2O3.C8H5FN2O2.C8H7FN2.C8H4N2O4.C4H8O/c1-3-5-7-9-11-13-15-17-19-21-23-25-27-29-28-26-24-22-20-18-16-14-12-10-8-6-4-2;9-8(10)5-3-4(12(14)15)1-2-6(5)11-7(8)13;9-7-4-10-8-2-1-5(11(12)13)3-6(7)8;9-7-4-11-8-2-1-5(10)3-6(7)8;11-7-5-3-4(10(13)14)1-2-6(5)9-8(7)12;1-2-4-5-3-1/h1H,2H3;1-3H,(H,11,13);1-4,10H;1-4,11H,10H2;1-3H,(H,9,11,12);1-4H2. The molecule has 2 amide bonds. The lowest BCUT2D eigenvalue weighted by Gasteiger charge is -2.05. The number of benzene rings is 4. The molecule has 0 atom stereocenters. The smallest absolute Gasteiger partial charge is 0.352 e. The summed E-state index contributed by atoms with van der Waals surface area (Å²) in [5.74, 6) is 59.5. The maximum atomic E-state index is 13.1. The fourth-order valence-corrected chi connectivity index (χ4v) is 6.20. The highest BCUT2D eigenvalue weighted by molar-refractivity contribution is 6.51. The molecule has 0 bridgehead atoms. The fraction of sp³-hybridized carbons (Fsp3) is 0.0923. The molecule has 5 heterocycles.